The minimum absolute atomic E-state index is 0.772. The maximum absolute atomic E-state index is 4.98. The molecular weight excluding hydrogens is 132 g/mol. The lowest BCUT2D eigenvalue weighted by Gasteiger charge is -1.98. The van der Waals surface area contributed by atoms with Crippen molar-refractivity contribution in [1.82, 2.24) is 0 Å². The summed E-state index contributed by atoms with van der Waals surface area (Å²) >= 11 is 0. The second kappa shape index (κ2) is 7.72. The molecule has 0 N–H and O–H groups in total. The van der Waals surface area contributed by atoms with E-state index >= 15 is 0 Å². The molecule has 0 aliphatic rings. The van der Waals surface area contributed by atoms with Gasteiger partial charge in [0, 0.05) is 6.61 Å². The smallest absolute Gasteiger partial charge is 0.145 e. The van der Waals surface area contributed by atoms with Crippen molar-refractivity contribution in [3.05, 3.63) is 12.8 Å². The summed E-state index contributed by atoms with van der Waals surface area (Å²) in [5.74, 6) is 0. The average Bonchev–Trinajstić information content (AvgIpc) is 1.89. The van der Waals surface area contributed by atoms with Crippen molar-refractivity contribution in [2.45, 2.75) is 12.8 Å². The van der Waals surface area contributed by atoms with Gasteiger partial charge in [-0.15, -0.1) is 0 Å². The molecule has 0 fully saturated rings. The van der Waals surface area contributed by atoms with E-state index < -0.39 is 0 Å². The number of ether oxygens (including phenoxy) is 1. The summed E-state index contributed by atoms with van der Waals surface area (Å²) in [6, 6.07) is 0. The maximum atomic E-state index is 4.98. The molecule has 9 heavy (non-hydrogen) atoms. The minimum Gasteiger partial charge on any atom is -0.502 e. The number of hydrogen-bond donors (Lipinski definition) is 0. The van der Waals surface area contributed by atoms with Crippen molar-refractivity contribution < 1.29 is 9.16 Å². The van der Waals surface area contributed by atoms with E-state index in [-0.39, 0.29) is 0 Å². The topological polar surface area (TPSA) is 18.5 Å². The predicted molar refractivity (Wildman–Crippen MR) is 41.3 cm³/mol. The van der Waals surface area contributed by atoms with Gasteiger partial charge in [-0.2, -0.15) is 0 Å². The molecule has 0 saturated carbocycles. The van der Waals surface area contributed by atoms with E-state index in [0.717, 1.165) is 36.5 Å². The quantitative estimate of drug-likeness (QED) is 0.303. The summed E-state index contributed by atoms with van der Waals surface area (Å²) in [6.07, 6.45) is 3.63. The highest BCUT2D eigenvalue weighted by Gasteiger charge is 1.84. The average molecular weight is 146 g/mol. The maximum Gasteiger partial charge on any atom is 0.145 e. The second-order valence-electron chi connectivity index (χ2n) is 1.74. The zero-order valence-corrected chi connectivity index (χ0v) is 7.93. The summed E-state index contributed by atoms with van der Waals surface area (Å²) in [5, 5.41) is 0. The lowest BCUT2D eigenvalue weighted by molar-refractivity contribution is 0.230. The SMILES string of the molecule is C=COCCCCO[SiH3]. The zero-order valence-electron chi connectivity index (χ0n) is 5.93. The van der Waals surface area contributed by atoms with Crippen LogP contribution >= 0.6 is 0 Å². The fourth-order valence-electron chi connectivity index (χ4n) is 0.515. The van der Waals surface area contributed by atoms with Gasteiger partial charge >= 0.3 is 0 Å². The lowest BCUT2D eigenvalue weighted by Crippen LogP contribution is -1.93. The van der Waals surface area contributed by atoms with Crippen molar-refractivity contribution in [3.8, 4) is 0 Å². The number of rotatable bonds is 6. The first-order valence-electron chi connectivity index (χ1n) is 3.13. The van der Waals surface area contributed by atoms with Gasteiger partial charge < -0.3 is 9.16 Å². The van der Waals surface area contributed by atoms with Gasteiger partial charge in [-0.25, -0.2) is 0 Å². The lowest BCUT2D eigenvalue weighted by atomic mass is 10.3. The molecule has 0 radical (unpaired) electrons. The van der Waals surface area contributed by atoms with Gasteiger partial charge in [-0.1, -0.05) is 6.58 Å². The first-order chi connectivity index (χ1) is 4.41. The Morgan fingerprint density at radius 3 is 2.56 bits per heavy atom. The van der Waals surface area contributed by atoms with Gasteiger partial charge in [-0.05, 0) is 12.8 Å². The Balaban J connectivity index is 2.66. The Kier molecular flexibility index (Phi) is 7.47. The molecule has 0 rings (SSSR count). The summed E-state index contributed by atoms with van der Waals surface area (Å²) in [6.45, 7) is 5.09. The highest BCUT2D eigenvalue weighted by molar-refractivity contribution is 5.97. The van der Waals surface area contributed by atoms with Crippen molar-refractivity contribution in [1.29, 1.82) is 0 Å². The molecule has 0 spiro atoms. The van der Waals surface area contributed by atoms with Crippen molar-refractivity contribution >= 4 is 10.5 Å². The number of unbranched alkanes of at least 4 members (excludes halogenated alkanes) is 1. The van der Waals surface area contributed by atoms with Gasteiger partial charge in [0.25, 0.3) is 0 Å². The Morgan fingerprint density at radius 1 is 1.33 bits per heavy atom. The Hall–Kier alpha value is -0.283. The fraction of sp³-hybridized carbons (Fsp3) is 0.667. The van der Waals surface area contributed by atoms with E-state index in [9.17, 15) is 0 Å². The first-order valence-corrected chi connectivity index (χ1v) is 3.95. The Bertz CT molecular complexity index is 66.1. The van der Waals surface area contributed by atoms with Crippen LogP contribution in [0.4, 0.5) is 0 Å². The van der Waals surface area contributed by atoms with Gasteiger partial charge in [0.1, 0.15) is 10.5 Å². The molecule has 2 nitrogen and oxygen atoms in total. The van der Waals surface area contributed by atoms with E-state index in [0.29, 0.717) is 0 Å². The molecule has 0 aliphatic heterocycles. The van der Waals surface area contributed by atoms with Crippen LogP contribution in [0.2, 0.25) is 0 Å². The van der Waals surface area contributed by atoms with Crippen molar-refractivity contribution in [2.75, 3.05) is 13.2 Å². The second-order valence-corrected chi connectivity index (χ2v) is 2.31. The van der Waals surface area contributed by atoms with Gasteiger partial charge in [0.05, 0.1) is 12.9 Å². The Labute approximate surface area is 59.4 Å². The molecule has 0 saturated heterocycles. The molecule has 3 heteroatoms. The van der Waals surface area contributed by atoms with E-state index in [4.69, 9.17) is 9.16 Å². The van der Waals surface area contributed by atoms with Crippen molar-refractivity contribution in [3.63, 3.8) is 0 Å². The van der Waals surface area contributed by atoms with Crippen LogP contribution in [0.1, 0.15) is 12.8 Å². The molecule has 0 aromatic carbocycles. The third-order valence-corrected chi connectivity index (χ3v) is 1.39. The van der Waals surface area contributed by atoms with E-state index in [1.807, 2.05) is 0 Å². The zero-order chi connectivity index (χ0) is 6.95. The van der Waals surface area contributed by atoms with E-state index in [1.54, 1.807) is 0 Å². The third kappa shape index (κ3) is 7.72. The molecule has 0 aromatic heterocycles. The predicted octanol–water partition coefficient (Wildman–Crippen LogP) is 0.224. The van der Waals surface area contributed by atoms with Crippen LogP contribution in [0.15, 0.2) is 12.8 Å². The van der Waals surface area contributed by atoms with Crippen molar-refractivity contribution in [2.24, 2.45) is 0 Å². The van der Waals surface area contributed by atoms with E-state index in [1.165, 1.54) is 6.26 Å². The van der Waals surface area contributed by atoms with Crippen LogP contribution in [0.5, 0.6) is 0 Å². The van der Waals surface area contributed by atoms with Gasteiger partial charge in [-0.3, -0.25) is 0 Å². The Morgan fingerprint density at radius 2 is 2.00 bits per heavy atom. The molecule has 0 heterocycles. The highest BCUT2D eigenvalue weighted by Crippen LogP contribution is 1.89. The third-order valence-electron chi connectivity index (χ3n) is 0.979. The molecule has 0 amide bonds. The van der Waals surface area contributed by atoms with Crippen LogP contribution in [0.3, 0.4) is 0 Å². The molecule has 0 bridgehead atoms. The molecular formula is C6H14O2Si. The largest absolute Gasteiger partial charge is 0.502 e. The summed E-state index contributed by atoms with van der Waals surface area (Å²) in [5.41, 5.74) is 0. The molecule has 0 unspecified atom stereocenters. The van der Waals surface area contributed by atoms with Gasteiger partial charge in [0.15, 0.2) is 0 Å². The van der Waals surface area contributed by atoms with Crippen LogP contribution < -0.4 is 0 Å². The summed E-state index contributed by atoms with van der Waals surface area (Å²) in [4.78, 5) is 0. The molecule has 0 aromatic rings. The molecule has 0 atom stereocenters. The number of hydrogen-bond acceptors (Lipinski definition) is 2. The standard InChI is InChI=1S/C6H14O2Si/c1-2-7-5-3-4-6-8-9/h2H,1,3-6H2,9H3. The highest BCUT2D eigenvalue weighted by atomic mass is 28.2. The van der Waals surface area contributed by atoms with Crippen LogP contribution in [0.25, 0.3) is 0 Å². The van der Waals surface area contributed by atoms with Gasteiger partial charge in [0.2, 0.25) is 0 Å². The normalized spacial score (nSPS) is 9.33. The van der Waals surface area contributed by atoms with Crippen LogP contribution in [-0.2, 0) is 9.16 Å². The monoisotopic (exact) mass is 146 g/mol. The fourth-order valence-corrected chi connectivity index (χ4v) is 0.804. The summed E-state index contributed by atoms with van der Waals surface area (Å²) < 4.78 is 9.88. The van der Waals surface area contributed by atoms with E-state index in [2.05, 4.69) is 6.58 Å². The first kappa shape index (κ1) is 8.72. The minimum atomic E-state index is 0.772. The molecule has 54 valence electrons. The molecule has 0 aliphatic carbocycles. The summed E-state index contributed by atoms with van der Waals surface area (Å²) in [7, 11) is 0.847. The van der Waals surface area contributed by atoms with Crippen LogP contribution in [-0.4, -0.2) is 23.7 Å². The van der Waals surface area contributed by atoms with Crippen LogP contribution in [0, 0.1) is 0 Å².